The maximum atomic E-state index is 8.76. The number of nitrogens with zero attached hydrogens (tertiary/aromatic N) is 3. The van der Waals surface area contributed by atoms with Gasteiger partial charge in [-0.25, -0.2) is 0 Å². The van der Waals surface area contributed by atoms with E-state index in [1.54, 1.807) is 0 Å². The van der Waals surface area contributed by atoms with Crippen LogP contribution in [0.4, 0.5) is 0 Å². The van der Waals surface area contributed by atoms with Crippen molar-refractivity contribution in [1.82, 2.24) is 14.6 Å². The van der Waals surface area contributed by atoms with Crippen LogP contribution in [0.25, 0.3) is 5.65 Å². The normalized spacial score (nSPS) is 10.9. The topological polar surface area (TPSA) is 50.4 Å². The zero-order valence-electron chi connectivity index (χ0n) is 6.81. The van der Waals surface area contributed by atoms with Crippen LogP contribution in [0, 0.1) is 0 Å². The monoisotopic (exact) mass is 241 g/mol. The Labute approximate surface area is 83.3 Å². The van der Waals surface area contributed by atoms with E-state index in [1.807, 2.05) is 22.7 Å². The number of hydrogen-bond acceptors (Lipinski definition) is 3. The molecule has 0 aromatic carbocycles. The molecule has 2 aromatic heterocycles. The van der Waals surface area contributed by atoms with Crippen LogP contribution in [0.1, 0.15) is 5.82 Å². The zero-order chi connectivity index (χ0) is 9.26. The van der Waals surface area contributed by atoms with Gasteiger partial charge in [0.1, 0.15) is 5.82 Å². The van der Waals surface area contributed by atoms with Gasteiger partial charge in [0.15, 0.2) is 5.65 Å². The summed E-state index contributed by atoms with van der Waals surface area (Å²) in [6, 6.07) is 3.80. The van der Waals surface area contributed by atoms with Crippen LogP contribution in [0.15, 0.2) is 22.8 Å². The first-order valence-electron chi connectivity index (χ1n) is 3.91. The predicted molar refractivity (Wildman–Crippen MR) is 51.5 cm³/mol. The van der Waals surface area contributed by atoms with Crippen LogP contribution in [-0.4, -0.2) is 26.3 Å². The van der Waals surface area contributed by atoms with Crippen LogP contribution >= 0.6 is 15.9 Å². The third kappa shape index (κ3) is 1.57. The fraction of sp³-hybridized carbons (Fsp3) is 0.250. The molecule has 1 N–H and O–H groups in total. The van der Waals surface area contributed by atoms with Gasteiger partial charge in [-0.1, -0.05) is 15.9 Å². The molecule has 0 atom stereocenters. The maximum absolute atomic E-state index is 8.76. The van der Waals surface area contributed by atoms with E-state index in [0.717, 1.165) is 15.9 Å². The molecule has 0 aliphatic carbocycles. The van der Waals surface area contributed by atoms with Gasteiger partial charge in [-0.05, 0) is 12.1 Å². The Morgan fingerprint density at radius 2 is 2.31 bits per heavy atom. The van der Waals surface area contributed by atoms with Crippen molar-refractivity contribution in [2.24, 2.45) is 0 Å². The van der Waals surface area contributed by atoms with Crippen LogP contribution in [0.2, 0.25) is 0 Å². The summed E-state index contributed by atoms with van der Waals surface area (Å²) in [5.41, 5.74) is 0.790. The first-order valence-corrected chi connectivity index (χ1v) is 4.70. The van der Waals surface area contributed by atoms with E-state index >= 15 is 0 Å². The molecule has 0 unspecified atom stereocenters. The van der Waals surface area contributed by atoms with Crippen molar-refractivity contribution in [3.8, 4) is 0 Å². The number of rotatable bonds is 2. The number of aliphatic hydroxyl groups excluding tert-OH is 1. The summed E-state index contributed by atoms with van der Waals surface area (Å²) in [5.74, 6) is 0.782. The van der Waals surface area contributed by atoms with Crippen molar-refractivity contribution < 1.29 is 5.11 Å². The van der Waals surface area contributed by atoms with Crippen LogP contribution in [0.3, 0.4) is 0 Å². The van der Waals surface area contributed by atoms with Gasteiger partial charge in [-0.3, -0.25) is 4.40 Å². The summed E-state index contributed by atoms with van der Waals surface area (Å²) in [6.07, 6.45) is 2.41. The lowest BCUT2D eigenvalue weighted by atomic mass is 10.4. The van der Waals surface area contributed by atoms with Crippen LogP contribution < -0.4 is 0 Å². The van der Waals surface area contributed by atoms with Crippen molar-refractivity contribution >= 4 is 21.6 Å². The molecule has 0 radical (unpaired) electrons. The molecular weight excluding hydrogens is 234 g/mol. The number of fused-ring (bicyclic) bond motifs is 1. The Morgan fingerprint density at radius 3 is 3.08 bits per heavy atom. The van der Waals surface area contributed by atoms with Gasteiger partial charge in [0.2, 0.25) is 0 Å². The lowest BCUT2D eigenvalue weighted by molar-refractivity contribution is 0.296. The predicted octanol–water partition coefficient (Wildman–Crippen LogP) is 1.03. The number of hydrogen-bond donors (Lipinski definition) is 1. The van der Waals surface area contributed by atoms with Gasteiger partial charge in [-0.15, -0.1) is 10.2 Å². The molecule has 0 aliphatic rings. The number of pyridine rings is 1. The standard InChI is InChI=1S/C8H8BrN3O/c9-6-1-3-12-7(2-4-13)10-11-8(12)5-6/h1,3,5,13H,2,4H2. The largest absolute Gasteiger partial charge is 0.396 e. The third-order valence-electron chi connectivity index (χ3n) is 1.78. The Balaban J connectivity index is 2.55. The second-order valence-corrected chi connectivity index (χ2v) is 3.58. The van der Waals surface area contributed by atoms with Gasteiger partial charge < -0.3 is 5.11 Å². The lowest BCUT2D eigenvalue weighted by Gasteiger charge is -1.96. The molecule has 13 heavy (non-hydrogen) atoms. The van der Waals surface area contributed by atoms with Gasteiger partial charge >= 0.3 is 0 Å². The maximum Gasteiger partial charge on any atom is 0.161 e. The minimum atomic E-state index is 0.0941. The molecule has 0 saturated carbocycles. The van der Waals surface area contributed by atoms with Crippen molar-refractivity contribution in [2.45, 2.75) is 6.42 Å². The van der Waals surface area contributed by atoms with Crippen LogP contribution in [0.5, 0.6) is 0 Å². The lowest BCUT2D eigenvalue weighted by Crippen LogP contribution is -1.97. The highest BCUT2D eigenvalue weighted by Gasteiger charge is 2.03. The van der Waals surface area contributed by atoms with Crippen molar-refractivity contribution in [2.75, 3.05) is 6.61 Å². The molecule has 2 aromatic rings. The molecule has 0 bridgehead atoms. The summed E-state index contributed by atoms with van der Waals surface area (Å²) in [5, 5.41) is 16.7. The molecule has 2 rings (SSSR count). The zero-order valence-corrected chi connectivity index (χ0v) is 8.40. The Bertz CT molecular complexity index is 426. The summed E-state index contributed by atoms with van der Waals surface area (Å²) in [4.78, 5) is 0. The highest BCUT2D eigenvalue weighted by atomic mass is 79.9. The second-order valence-electron chi connectivity index (χ2n) is 2.66. The fourth-order valence-corrected chi connectivity index (χ4v) is 1.51. The SMILES string of the molecule is OCCc1nnc2cc(Br)ccn12. The summed E-state index contributed by atoms with van der Waals surface area (Å²) >= 11 is 3.35. The fourth-order valence-electron chi connectivity index (χ4n) is 1.19. The quantitative estimate of drug-likeness (QED) is 0.855. The first kappa shape index (κ1) is 8.65. The van der Waals surface area contributed by atoms with E-state index < -0.39 is 0 Å². The molecule has 2 heterocycles. The minimum Gasteiger partial charge on any atom is -0.396 e. The van der Waals surface area contributed by atoms with E-state index in [-0.39, 0.29) is 6.61 Å². The molecule has 5 heteroatoms. The molecule has 4 nitrogen and oxygen atoms in total. The Kier molecular flexibility index (Phi) is 2.28. The average Bonchev–Trinajstić information content (AvgIpc) is 2.49. The van der Waals surface area contributed by atoms with Crippen molar-refractivity contribution in [1.29, 1.82) is 0 Å². The third-order valence-corrected chi connectivity index (χ3v) is 2.27. The summed E-state index contributed by atoms with van der Waals surface area (Å²) < 4.78 is 2.84. The molecule has 68 valence electrons. The van der Waals surface area contributed by atoms with Crippen LogP contribution in [-0.2, 0) is 6.42 Å². The Hall–Kier alpha value is -0.940. The van der Waals surface area contributed by atoms with E-state index in [9.17, 15) is 0 Å². The smallest absolute Gasteiger partial charge is 0.161 e. The molecule has 0 saturated heterocycles. The summed E-state index contributed by atoms with van der Waals surface area (Å²) in [6.45, 7) is 0.0941. The van der Waals surface area contributed by atoms with E-state index in [4.69, 9.17) is 5.11 Å². The highest BCUT2D eigenvalue weighted by Crippen LogP contribution is 2.12. The van der Waals surface area contributed by atoms with Gasteiger partial charge in [0, 0.05) is 17.1 Å². The minimum absolute atomic E-state index is 0.0941. The molecular formula is C8H8BrN3O. The van der Waals surface area contributed by atoms with E-state index in [1.165, 1.54) is 0 Å². The van der Waals surface area contributed by atoms with Gasteiger partial charge in [0.05, 0.1) is 6.61 Å². The first-order chi connectivity index (χ1) is 6.31. The Morgan fingerprint density at radius 1 is 1.46 bits per heavy atom. The average molecular weight is 242 g/mol. The summed E-state index contributed by atoms with van der Waals surface area (Å²) in [7, 11) is 0. The molecule has 0 aliphatic heterocycles. The second kappa shape index (κ2) is 3.43. The number of aliphatic hydroxyl groups is 1. The number of halogens is 1. The number of aromatic nitrogens is 3. The van der Waals surface area contributed by atoms with Crippen molar-refractivity contribution in [3.05, 3.63) is 28.6 Å². The molecule has 0 spiro atoms. The molecule has 0 fully saturated rings. The van der Waals surface area contributed by atoms with Gasteiger partial charge in [-0.2, -0.15) is 0 Å². The molecule has 0 amide bonds. The van der Waals surface area contributed by atoms with E-state index in [0.29, 0.717) is 6.42 Å². The van der Waals surface area contributed by atoms with Crippen molar-refractivity contribution in [3.63, 3.8) is 0 Å². The highest BCUT2D eigenvalue weighted by molar-refractivity contribution is 9.10. The van der Waals surface area contributed by atoms with Gasteiger partial charge in [0.25, 0.3) is 0 Å². The van der Waals surface area contributed by atoms with E-state index in [2.05, 4.69) is 26.1 Å².